The van der Waals surface area contributed by atoms with Gasteiger partial charge < -0.3 is 10.5 Å². The molecule has 0 saturated heterocycles. The average molecular weight is 242 g/mol. The van der Waals surface area contributed by atoms with Crippen LogP contribution in [0.5, 0.6) is 5.75 Å². The molecule has 0 amide bonds. The quantitative estimate of drug-likeness (QED) is 0.896. The molecule has 0 aliphatic carbocycles. The first-order valence-electron chi connectivity index (χ1n) is 6.10. The van der Waals surface area contributed by atoms with E-state index in [1.807, 2.05) is 38.1 Å². The van der Waals surface area contributed by atoms with Gasteiger partial charge in [0, 0.05) is 12.6 Å². The number of hydrogen-bond donors (Lipinski definition) is 1. The van der Waals surface area contributed by atoms with Gasteiger partial charge >= 0.3 is 0 Å². The van der Waals surface area contributed by atoms with Crippen molar-refractivity contribution in [1.82, 2.24) is 4.98 Å². The Morgan fingerprint density at radius 3 is 2.50 bits per heavy atom. The number of pyridine rings is 1. The van der Waals surface area contributed by atoms with E-state index in [0.29, 0.717) is 5.82 Å². The third-order valence-electron chi connectivity index (χ3n) is 2.62. The maximum atomic E-state index is 5.83. The topological polar surface area (TPSA) is 48.1 Å². The summed E-state index contributed by atoms with van der Waals surface area (Å²) in [7, 11) is 0. The van der Waals surface area contributed by atoms with Crippen LogP contribution in [0.1, 0.15) is 25.0 Å². The molecule has 0 radical (unpaired) electrons. The summed E-state index contributed by atoms with van der Waals surface area (Å²) in [5.74, 6) is 1.49. The molecule has 0 aliphatic rings. The highest BCUT2D eigenvalue weighted by atomic mass is 16.5. The summed E-state index contributed by atoms with van der Waals surface area (Å²) in [4.78, 5) is 4.09. The minimum atomic E-state index is 0.199. The van der Waals surface area contributed by atoms with Gasteiger partial charge in [0.1, 0.15) is 11.6 Å². The van der Waals surface area contributed by atoms with Crippen LogP contribution in [0.15, 0.2) is 42.6 Å². The van der Waals surface area contributed by atoms with Crippen molar-refractivity contribution >= 4 is 5.82 Å². The lowest BCUT2D eigenvalue weighted by Gasteiger charge is -2.10. The summed E-state index contributed by atoms with van der Waals surface area (Å²) in [6, 6.07) is 12.0. The Hall–Kier alpha value is -2.03. The molecule has 0 spiro atoms. The molecule has 1 aromatic heterocycles. The highest BCUT2D eigenvalue weighted by Gasteiger charge is 2.02. The predicted octanol–water partition coefficient (Wildman–Crippen LogP) is 3.04. The fraction of sp³-hybridized carbons (Fsp3) is 0.267. The van der Waals surface area contributed by atoms with Gasteiger partial charge in [0.15, 0.2) is 0 Å². The Bertz CT molecular complexity index is 506. The molecule has 0 unspecified atom stereocenters. The molecule has 2 rings (SSSR count). The molecular weight excluding hydrogens is 224 g/mol. The summed E-state index contributed by atoms with van der Waals surface area (Å²) in [6.45, 7) is 4.04. The number of anilines is 1. The van der Waals surface area contributed by atoms with Gasteiger partial charge in [-0.15, -0.1) is 0 Å². The Morgan fingerprint density at radius 2 is 1.89 bits per heavy atom. The van der Waals surface area contributed by atoms with E-state index in [-0.39, 0.29) is 6.10 Å². The van der Waals surface area contributed by atoms with Crippen molar-refractivity contribution in [3.63, 3.8) is 0 Å². The van der Waals surface area contributed by atoms with E-state index >= 15 is 0 Å². The molecule has 1 aromatic carbocycles. The second kappa shape index (κ2) is 5.54. The molecule has 2 aromatic rings. The molecule has 0 atom stereocenters. The molecule has 2 N–H and O–H groups in total. The molecule has 0 bridgehead atoms. The monoisotopic (exact) mass is 242 g/mol. The number of ether oxygens (including phenoxy) is 1. The third kappa shape index (κ3) is 3.23. The van der Waals surface area contributed by atoms with Gasteiger partial charge in [-0.2, -0.15) is 0 Å². The number of nitrogens with zero attached hydrogens (tertiary/aromatic N) is 1. The lowest BCUT2D eigenvalue weighted by atomic mass is 10.1. The van der Waals surface area contributed by atoms with E-state index in [4.69, 9.17) is 10.5 Å². The first-order chi connectivity index (χ1) is 8.65. The van der Waals surface area contributed by atoms with E-state index < -0.39 is 0 Å². The zero-order valence-electron chi connectivity index (χ0n) is 10.8. The molecule has 0 fully saturated rings. The SMILES string of the molecule is CC(C)Oc1ccc(Cc2cccnc2N)cc1. The van der Waals surface area contributed by atoms with Crippen molar-refractivity contribution in [1.29, 1.82) is 0 Å². The lowest BCUT2D eigenvalue weighted by Crippen LogP contribution is -2.05. The Balaban J connectivity index is 2.09. The van der Waals surface area contributed by atoms with Crippen molar-refractivity contribution in [3.8, 4) is 5.75 Å². The average Bonchev–Trinajstić information content (AvgIpc) is 2.34. The van der Waals surface area contributed by atoms with Crippen LogP contribution in [0.3, 0.4) is 0 Å². The molecule has 18 heavy (non-hydrogen) atoms. The normalized spacial score (nSPS) is 10.6. The molecule has 0 saturated carbocycles. The van der Waals surface area contributed by atoms with Crippen molar-refractivity contribution in [2.75, 3.05) is 5.73 Å². The Kier molecular flexibility index (Phi) is 3.82. The van der Waals surface area contributed by atoms with Gasteiger partial charge in [0.05, 0.1) is 6.10 Å². The van der Waals surface area contributed by atoms with E-state index in [0.717, 1.165) is 17.7 Å². The number of aromatic nitrogens is 1. The van der Waals surface area contributed by atoms with Crippen LogP contribution in [-0.2, 0) is 6.42 Å². The molecule has 94 valence electrons. The van der Waals surface area contributed by atoms with Gasteiger partial charge in [-0.05, 0) is 43.2 Å². The van der Waals surface area contributed by atoms with Crippen LogP contribution in [0.2, 0.25) is 0 Å². The highest BCUT2D eigenvalue weighted by molar-refractivity contribution is 5.42. The number of nitrogen functional groups attached to an aromatic ring is 1. The second-order valence-corrected chi connectivity index (χ2v) is 4.54. The number of nitrogens with two attached hydrogens (primary N) is 1. The van der Waals surface area contributed by atoms with Crippen LogP contribution in [0, 0.1) is 0 Å². The van der Waals surface area contributed by atoms with E-state index in [9.17, 15) is 0 Å². The maximum Gasteiger partial charge on any atom is 0.126 e. The standard InChI is InChI=1S/C15H18N2O/c1-11(2)18-14-7-5-12(6-8-14)10-13-4-3-9-17-15(13)16/h3-9,11H,10H2,1-2H3,(H2,16,17). The van der Waals surface area contributed by atoms with Crippen molar-refractivity contribution in [2.45, 2.75) is 26.4 Å². The van der Waals surface area contributed by atoms with Gasteiger partial charge in [0.25, 0.3) is 0 Å². The van der Waals surface area contributed by atoms with Crippen LogP contribution in [-0.4, -0.2) is 11.1 Å². The van der Waals surface area contributed by atoms with Gasteiger partial charge in [-0.25, -0.2) is 4.98 Å². The molecule has 3 heteroatoms. The lowest BCUT2D eigenvalue weighted by molar-refractivity contribution is 0.242. The Morgan fingerprint density at radius 1 is 1.17 bits per heavy atom. The van der Waals surface area contributed by atoms with Gasteiger partial charge in [-0.1, -0.05) is 18.2 Å². The molecule has 0 aliphatic heterocycles. The smallest absolute Gasteiger partial charge is 0.126 e. The molecular formula is C15H18N2O. The van der Waals surface area contributed by atoms with Crippen molar-refractivity contribution in [2.24, 2.45) is 0 Å². The zero-order valence-corrected chi connectivity index (χ0v) is 10.8. The van der Waals surface area contributed by atoms with E-state index in [1.165, 1.54) is 5.56 Å². The predicted molar refractivity (Wildman–Crippen MR) is 73.7 cm³/mol. The summed E-state index contributed by atoms with van der Waals surface area (Å²) in [5, 5.41) is 0. The summed E-state index contributed by atoms with van der Waals surface area (Å²) >= 11 is 0. The van der Waals surface area contributed by atoms with E-state index in [1.54, 1.807) is 6.20 Å². The van der Waals surface area contributed by atoms with Crippen LogP contribution in [0.4, 0.5) is 5.82 Å². The minimum absolute atomic E-state index is 0.199. The largest absolute Gasteiger partial charge is 0.491 e. The number of hydrogen-bond acceptors (Lipinski definition) is 3. The van der Waals surface area contributed by atoms with Gasteiger partial charge in [-0.3, -0.25) is 0 Å². The van der Waals surface area contributed by atoms with Crippen LogP contribution in [0.25, 0.3) is 0 Å². The molecule has 1 heterocycles. The minimum Gasteiger partial charge on any atom is -0.491 e. The fourth-order valence-corrected chi connectivity index (χ4v) is 1.78. The van der Waals surface area contributed by atoms with Crippen molar-refractivity contribution in [3.05, 3.63) is 53.7 Å². The molecule has 3 nitrogen and oxygen atoms in total. The first-order valence-corrected chi connectivity index (χ1v) is 6.10. The highest BCUT2D eigenvalue weighted by Crippen LogP contribution is 2.18. The van der Waals surface area contributed by atoms with Crippen molar-refractivity contribution < 1.29 is 4.74 Å². The van der Waals surface area contributed by atoms with Gasteiger partial charge in [0.2, 0.25) is 0 Å². The fourth-order valence-electron chi connectivity index (χ4n) is 1.78. The summed E-state index contributed by atoms with van der Waals surface area (Å²) in [5.41, 5.74) is 8.08. The third-order valence-corrected chi connectivity index (χ3v) is 2.62. The maximum absolute atomic E-state index is 5.83. The van der Waals surface area contributed by atoms with Crippen LogP contribution < -0.4 is 10.5 Å². The van der Waals surface area contributed by atoms with E-state index in [2.05, 4.69) is 17.1 Å². The second-order valence-electron chi connectivity index (χ2n) is 4.54. The number of benzene rings is 1. The summed E-state index contributed by atoms with van der Waals surface area (Å²) in [6.07, 6.45) is 2.70. The number of rotatable bonds is 4. The first kappa shape index (κ1) is 12.4. The Labute approximate surface area is 108 Å². The summed E-state index contributed by atoms with van der Waals surface area (Å²) < 4.78 is 5.61. The zero-order chi connectivity index (χ0) is 13.0. The van der Waals surface area contributed by atoms with Crippen LogP contribution >= 0.6 is 0 Å².